The van der Waals surface area contributed by atoms with Gasteiger partial charge in [0.25, 0.3) is 0 Å². The van der Waals surface area contributed by atoms with Crippen LogP contribution in [0.1, 0.15) is 43.0 Å². The average molecular weight is 398 g/mol. The van der Waals surface area contributed by atoms with Gasteiger partial charge >= 0.3 is 0 Å². The van der Waals surface area contributed by atoms with Crippen LogP contribution in [0.4, 0.5) is 5.82 Å². The van der Waals surface area contributed by atoms with Gasteiger partial charge in [-0.15, -0.1) is 0 Å². The maximum atomic E-state index is 6.14. The molecular formula is C21H24ClN5O. The Labute approximate surface area is 169 Å². The van der Waals surface area contributed by atoms with Crippen molar-refractivity contribution in [1.82, 2.24) is 20.0 Å². The van der Waals surface area contributed by atoms with Crippen molar-refractivity contribution in [1.29, 1.82) is 0 Å². The monoisotopic (exact) mass is 397 g/mol. The summed E-state index contributed by atoms with van der Waals surface area (Å²) < 4.78 is 5.44. The lowest BCUT2D eigenvalue weighted by Gasteiger charge is -2.37. The first-order chi connectivity index (χ1) is 13.7. The number of hydrogen-bond acceptors (Lipinski definition) is 6. The Balaban J connectivity index is 1.22. The molecule has 2 aliphatic rings. The van der Waals surface area contributed by atoms with Crippen LogP contribution in [0.15, 0.2) is 35.1 Å². The van der Waals surface area contributed by atoms with Crippen LogP contribution in [0.3, 0.4) is 0 Å². The molecule has 2 fully saturated rings. The highest BCUT2D eigenvalue weighted by molar-refractivity contribution is 6.31. The van der Waals surface area contributed by atoms with Crippen LogP contribution in [0.2, 0.25) is 5.02 Å². The van der Waals surface area contributed by atoms with E-state index in [0.29, 0.717) is 17.0 Å². The van der Waals surface area contributed by atoms with Crippen LogP contribution in [-0.4, -0.2) is 46.2 Å². The molecule has 0 amide bonds. The van der Waals surface area contributed by atoms with E-state index in [-0.39, 0.29) is 0 Å². The second-order valence-electron chi connectivity index (χ2n) is 7.98. The van der Waals surface area contributed by atoms with E-state index in [2.05, 4.69) is 38.0 Å². The molecule has 7 heteroatoms. The number of hydrogen-bond donors (Lipinski definition) is 0. The van der Waals surface area contributed by atoms with Crippen LogP contribution in [0, 0.1) is 0 Å². The van der Waals surface area contributed by atoms with E-state index >= 15 is 0 Å². The van der Waals surface area contributed by atoms with E-state index < -0.39 is 0 Å². The predicted molar refractivity (Wildman–Crippen MR) is 110 cm³/mol. The first-order valence-electron chi connectivity index (χ1n) is 9.98. The van der Waals surface area contributed by atoms with E-state index in [9.17, 15) is 0 Å². The molecule has 28 heavy (non-hydrogen) atoms. The van der Waals surface area contributed by atoms with E-state index in [1.54, 1.807) is 6.33 Å². The van der Waals surface area contributed by atoms with Crippen molar-refractivity contribution in [3.8, 4) is 0 Å². The molecular weight excluding hydrogens is 374 g/mol. The fourth-order valence-corrected chi connectivity index (χ4v) is 4.28. The molecule has 3 heterocycles. The fourth-order valence-electron chi connectivity index (χ4n) is 4.11. The minimum Gasteiger partial charge on any atom is -0.356 e. The highest BCUT2D eigenvalue weighted by Crippen LogP contribution is 2.39. The van der Waals surface area contributed by atoms with Crippen molar-refractivity contribution in [2.75, 3.05) is 25.0 Å². The Morgan fingerprint density at radius 2 is 1.96 bits per heavy atom. The van der Waals surface area contributed by atoms with Gasteiger partial charge in [-0.2, -0.15) is 0 Å². The lowest BCUT2D eigenvalue weighted by atomic mass is 10.0. The second kappa shape index (κ2) is 7.33. The highest BCUT2D eigenvalue weighted by atomic mass is 35.5. The molecule has 0 spiro atoms. The van der Waals surface area contributed by atoms with Crippen molar-refractivity contribution in [2.45, 2.75) is 44.2 Å². The summed E-state index contributed by atoms with van der Waals surface area (Å²) in [6, 6.07) is 8.36. The van der Waals surface area contributed by atoms with E-state index in [0.717, 1.165) is 55.0 Å². The van der Waals surface area contributed by atoms with Crippen molar-refractivity contribution in [3.05, 3.63) is 47.0 Å². The van der Waals surface area contributed by atoms with Crippen molar-refractivity contribution in [2.24, 2.45) is 0 Å². The third-order valence-corrected chi connectivity index (χ3v) is 6.22. The fraction of sp³-hybridized carbons (Fsp3) is 0.476. The minimum atomic E-state index is 0.520. The van der Waals surface area contributed by atoms with E-state index in [4.69, 9.17) is 16.1 Å². The molecule has 0 bridgehead atoms. The first kappa shape index (κ1) is 17.9. The summed E-state index contributed by atoms with van der Waals surface area (Å²) in [5.74, 6) is 1.74. The van der Waals surface area contributed by atoms with Gasteiger partial charge in [-0.1, -0.05) is 16.8 Å². The van der Waals surface area contributed by atoms with Gasteiger partial charge in [-0.25, -0.2) is 9.97 Å². The average Bonchev–Trinajstić information content (AvgIpc) is 3.51. The molecule has 0 radical (unpaired) electrons. The second-order valence-corrected chi connectivity index (χ2v) is 8.41. The van der Waals surface area contributed by atoms with Crippen molar-refractivity contribution < 1.29 is 4.52 Å². The number of benzene rings is 1. The van der Waals surface area contributed by atoms with Gasteiger partial charge in [-0.3, -0.25) is 4.90 Å². The number of piperidine rings is 1. The molecule has 0 unspecified atom stereocenters. The molecule has 146 valence electrons. The summed E-state index contributed by atoms with van der Waals surface area (Å²) in [6.45, 7) is 2.79. The SMILES string of the molecule is CN(Cc1noc2ccc(Cl)cc12)C1CCN(c2cc(C3CC3)ncn2)CC1. The first-order valence-corrected chi connectivity index (χ1v) is 10.4. The predicted octanol–water partition coefficient (Wildman–Crippen LogP) is 4.25. The van der Waals surface area contributed by atoms with Gasteiger partial charge in [0.1, 0.15) is 17.8 Å². The largest absolute Gasteiger partial charge is 0.356 e. The Bertz CT molecular complexity index is 978. The lowest BCUT2D eigenvalue weighted by molar-refractivity contribution is 0.196. The van der Waals surface area contributed by atoms with Crippen molar-refractivity contribution in [3.63, 3.8) is 0 Å². The molecule has 2 aromatic heterocycles. The number of halogens is 1. The lowest BCUT2D eigenvalue weighted by Crippen LogP contribution is -2.43. The number of aromatic nitrogens is 3. The zero-order valence-electron chi connectivity index (χ0n) is 16.0. The number of anilines is 1. The maximum Gasteiger partial charge on any atom is 0.167 e. The number of rotatable bonds is 5. The summed E-state index contributed by atoms with van der Waals surface area (Å²) in [7, 11) is 2.17. The Kier molecular flexibility index (Phi) is 4.69. The Morgan fingerprint density at radius 3 is 2.75 bits per heavy atom. The third kappa shape index (κ3) is 3.59. The van der Waals surface area contributed by atoms with Crippen LogP contribution in [0.25, 0.3) is 11.0 Å². The van der Waals surface area contributed by atoms with Gasteiger partial charge in [0.2, 0.25) is 0 Å². The molecule has 6 nitrogen and oxygen atoms in total. The normalized spacial score (nSPS) is 18.3. The van der Waals surface area contributed by atoms with Gasteiger partial charge in [0.15, 0.2) is 5.58 Å². The molecule has 1 aliphatic heterocycles. The van der Waals surface area contributed by atoms with Gasteiger partial charge in [-0.05, 0) is 50.9 Å². The van der Waals surface area contributed by atoms with Crippen molar-refractivity contribution >= 4 is 28.4 Å². The molecule has 1 aliphatic carbocycles. The molecule has 5 rings (SSSR count). The molecule has 1 saturated carbocycles. The topological polar surface area (TPSA) is 58.3 Å². The quantitative estimate of drug-likeness (QED) is 0.641. The number of nitrogens with zero attached hydrogens (tertiary/aromatic N) is 5. The van der Waals surface area contributed by atoms with Crippen LogP contribution in [-0.2, 0) is 6.54 Å². The zero-order chi connectivity index (χ0) is 19.1. The van der Waals surface area contributed by atoms with Gasteiger partial charge in [0.05, 0.1) is 0 Å². The van der Waals surface area contributed by atoms with Crippen LogP contribution < -0.4 is 4.90 Å². The minimum absolute atomic E-state index is 0.520. The molecule has 0 N–H and O–H groups in total. The summed E-state index contributed by atoms with van der Waals surface area (Å²) >= 11 is 6.14. The molecule has 1 saturated heterocycles. The van der Waals surface area contributed by atoms with E-state index in [1.165, 1.54) is 18.5 Å². The molecule has 3 aromatic rings. The third-order valence-electron chi connectivity index (χ3n) is 5.99. The highest BCUT2D eigenvalue weighted by Gasteiger charge is 2.28. The van der Waals surface area contributed by atoms with Gasteiger partial charge < -0.3 is 9.42 Å². The smallest absolute Gasteiger partial charge is 0.167 e. The van der Waals surface area contributed by atoms with Crippen LogP contribution in [0.5, 0.6) is 0 Å². The summed E-state index contributed by atoms with van der Waals surface area (Å²) in [5, 5.41) is 5.98. The summed E-state index contributed by atoms with van der Waals surface area (Å²) in [6.07, 6.45) is 6.48. The summed E-state index contributed by atoms with van der Waals surface area (Å²) in [5.41, 5.74) is 2.95. The number of fused-ring (bicyclic) bond motifs is 1. The van der Waals surface area contributed by atoms with E-state index in [1.807, 2.05) is 18.2 Å². The molecule has 1 aromatic carbocycles. The zero-order valence-corrected chi connectivity index (χ0v) is 16.8. The molecule has 0 atom stereocenters. The van der Waals surface area contributed by atoms with Crippen LogP contribution >= 0.6 is 11.6 Å². The maximum absolute atomic E-state index is 6.14. The Hall–Kier alpha value is -2.18. The van der Waals surface area contributed by atoms with Gasteiger partial charge in [0, 0.05) is 53.8 Å². The Morgan fingerprint density at radius 1 is 1.14 bits per heavy atom. The standard InChI is InChI=1S/C21H24ClN5O/c1-26(12-19-17-10-15(22)4-5-20(17)28-25-19)16-6-8-27(9-7-16)21-11-18(14-2-3-14)23-13-24-21/h4-5,10-11,13-14,16H,2-3,6-9,12H2,1H3. The summed E-state index contributed by atoms with van der Waals surface area (Å²) in [4.78, 5) is 13.7.